The van der Waals surface area contributed by atoms with Gasteiger partial charge in [0.15, 0.2) is 0 Å². The molecule has 3 nitrogen and oxygen atoms in total. The Morgan fingerprint density at radius 1 is 0.941 bits per heavy atom. The molecule has 88 valence electrons. The molecule has 0 fully saturated rings. The molecule has 0 aliphatic rings. The van der Waals surface area contributed by atoms with E-state index in [4.69, 9.17) is 0 Å². The van der Waals surface area contributed by atoms with Gasteiger partial charge in [0, 0.05) is 6.54 Å². The van der Waals surface area contributed by atoms with Crippen LogP contribution in [0.5, 0.6) is 5.75 Å². The number of aromatic hydroxyl groups is 1. The number of rotatable bonds is 4. The van der Waals surface area contributed by atoms with Crippen molar-refractivity contribution >= 4 is 5.69 Å². The third kappa shape index (κ3) is 2.98. The Balaban J connectivity index is 1.97. The zero-order valence-corrected chi connectivity index (χ0v) is 9.38. The van der Waals surface area contributed by atoms with Crippen LogP contribution in [0, 0.1) is 0 Å². The first-order chi connectivity index (χ1) is 8.27. The largest absolute Gasteiger partial charge is 0.506 e. The van der Waals surface area contributed by atoms with Gasteiger partial charge in [-0.2, -0.15) is 0 Å². The lowest BCUT2D eigenvalue weighted by molar-refractivity contribution is 0.191. The number of hydrogen-bond acceptors (Lipinski definition) is 3. The summed E-state index contributed by atoms with van der Waals surface area (Å²) in [7, 11) is 0. The van der Waals surface area contributed by atoms with E-state index in [1.165, 1.54) is 0 Å². The van der Waals surface area contributed by atoms with Crippen molar-refractivity contribution in [1.29, 1.82) is 0 Å². The average molecular weight is 229 g/mol. The van der Waals surface area contributed by atoms with Gasteiger partial charge in [-0.1, -0.05) is 42.5 Å². The van der Waals surface area contributed by atoms with Crippen molar-refractivity contribution in [2.45, 2.75) is 6.10 Å². The number of aliphatic hydroxyl groups excluding tert-OH is 1. The lowest BCUT2D eigenvalue weighted by Gasteiger charge is -2.13. The van der Waals surface area contributed by atoms with Crippen molar-refractivity contribution < 1.29 is 10.2 Å². The van der Waals surface area contributed by atoms with Crippen molar-refractivity contribution in [1.82, 2.24) is 0 Å². The van der Waals surface area contributed by atoms with Crippen LogP contribution in [-0.4, -0.2) is 16.8 Å². The van der Waals surface area contributed by atoms with Gasteiger partial charge in [-0.25, -0.2) is 0 Å². The second kappa shape index (κ2) is 5.37. The summed E-state index contributed by atoms with van der Waals surface area (Å²) in [4.78, 5) is 0. The van der Waals surface area contributed by atoms with E-state index in [2.05, 4.69) is 5.32 Å². The van der Waals surface area contributed by atoms with E-state index in [1.807, 2.05) is 36.4 Å². The molecule has 0 aromatic heterocycles. The van der Waals surface area contributed by atoms with Gasteiger partial charge < -0.3 is 15.5 Å². The molecule has 0 amide bonds. The quantitative estimate of drug-likeness (QED) is 0.706. The predicted molar refractivity (Wildman–Crippen MR) is 68.0 cm³/mol. The molecule has 0 radical (unpaired) electrons. The molecule has 0 aliphatic carbocycles. The van der Waals surface area contributed by atoms with Crippen LogP contribution in [-0.2, 0) is 0 Å². The van der Waals surface area contributed by atoms with E-state index in [1.54, 1.807) is 18.2 Å². The number of para-hydroxylation sites is 2. The normalized spacial score (nSPS) is 12.1. The SMILES string of the molecule is Oc1ccccc1NCC(O)c1ccccc1. The van der Waals surface area contributed by atoms with Gasteiger partial charge in [-0.15, -0.1) is 0 Å². The van der Waals surface area contributed by atoms with Crippen LogP contribution in [0.15, 0.2) is 54.6 Å². The van der Waals surface area contributed by atoms with Gasteiger partial charge in [0.1, 0.15) is 5.75 Å². The highest BCUT2D eigenvalue weighted by atomic mass is 16.3. The van der Waals surface area contributed by atoms with Crippen LogP contribution in [0.3, 0.4) is 0 Å². The lowest BCUT2D eigenvalue weighted by atomic mass is 10.1. The van der Waals surface area contributed by atoms with Crippen LogP contribution in [0.4, 0.5) is 5.69 Å². The predicted octanol–water partition coefficient (Wildman–Crippen LogP) is 2.54. The molecule has 2 aromatic rings. The van der Waals surface area contributed by atoms with Crippen LogP contribution < -0.4 is 5.32 Å². The van der Waals surface area contributed by atoms with E-state index in [0.717, 1.165) is 5.56 Å². The van der Waals surface area contributed by atoms with E-state index in [-0.39, 0.29) is 5.75 Å². The summed E-state index contributed by atoms with van der Waals surface area (Å²) in [6, 6.07) is 16.4. The molecular formula is C14H15NO2. The lowest BCUT2D eigenvalue weighted by Crippen LogP contribution is -2.11. The van der Waals surface area contributed by atoms with E-state index in [0.29, 0.717) is 12.2 Å². The van der Waals surface area contributed by atoms with Crippen LogP contribution in [0.2, 0.25) is 0 Å². The minimum atomic E-state index is -0.587. The summed E-state index contributed by atoms with van der Waals surface area (Å²) in [6.07, 6.45) is -0.587. The number of benzene rings is 2. The second-order valence-corrected chi connectivity index (χ2v) is 3.82. The Kier molecular flexibility index (Phi) is 3.62. The Labute approximate surface area is 100 Å². The third-order valence-electron chi connectivity index (χ3n) is 2.57. The average Bonchev–Trinajstić information content (AvgIpc) is 2.38. The molecule has 2 aromatic carbocycles. The highest BCUT2D eigenvalue weighted by molar-refractivity contribution is 5.55. The summed E-state index contributed by atoms with van der Waals surface area (Å²) in [5.74, 6) is 0.188. The summed E-state index contributed by atoms with van der Waals surface area (Å²) < 4.78 is 0. The molecule has 0 aliphatic heterocycles. The number of nitrogens with one attached hydrogen (secondary N) is 1. The highest BCUT2D eigenvalue weighted by Gasteiger charge is 2.07. The molecule has 3 N–H and O–H groups in total. The molecule has 3 heteroatoms. The monoisotopic (exact) mass is 229 g/mol. The molecule has 17 heavy (non-hydrogen) atoms. The van der Waals surface area contributed by atoms with Gasteiger partial charge in [-0.05, 0) is 17.7 Å². The molecule has 0 bridgehead atoms. The van der Waals surface area contributed by atoms with Gasteiger partial charge in [0.05, 0.1) is 11.8 Å². The number of phenols is 1. The first kappa shape index (κ1) is 11.5. The summed E-state index contributed by atoms with van der Waals surface area (Å²) in [5.41, 5.74) is 1.48. The Hall–Kier alpha value is -2.00. The molecule has 2 rings (SSSR count). The van der Waals surface area contributed by atoms with Gasteiger partial charge in [0.2, 0.25) is 0 Å². The topological polar surface area (TPSA) is 52.5 Å². The van der Waals surface area contributed by atoms with Crippen molar-refractivity contribution in [2.24, 2.45) is 0 Å². The molecule has 0 saturated carbocycles. The zero-order chi connectivity index (χ0) is 12.1. The Bertz CT molecular complexity index is 471. The van der Waals surface area contributed by atoms with Gasteiger partial charge in [0.25, 0.3) is 0 Å². The van der Waals surface area contributed by atoms with E-state index >= 15 is 0 Å². The molecule has 1 unspecified atom stereocenters. The zero-order valence-electron chi connectivity index (χ0n) is 9.38. The smallest absolute Gasteiger partial charge is 0.138 e. The third-order valence-corrected chi connectivity index (χ3v) is 2.57. The maximum atomic E-state index is 9.93. The van der Waals surface area contributed by atoms with Crippen LogP contribution in [0.1, 0.15) is 11.7 Å². The minimum absolute atomic E-state index is 0.188. The minimum Gasteiger partial charge on any atom is -0.506 e. The standard InChI is InChI=1S/C14H15NO2/c16-13-9-5-4-8-12(13)15-10-14(17)11-6-2-1-3-7-11/h1-9,14-17H,10H2. The second-order valence-electron chi connectivity index (χ2n) is 3.82. The van der Waals surface area contributed by atoms with Crippen molar-refractivity contribution in [3.63, 3.8) is 0 Å². The van der Waals surface area contributed by atoms with Crippen LogP contribution in [0.25, 0.3) is 0 Å². The number of aliphatic hydroxyl groups is 1. The maximum Gasteiger partial charge on any atom is 0.138 e. The number of hydrogen-bond donors (Lipinski definition) is 3. The van der Waals surface area contributed by atoms with Crippen molar-refractivity contribution in [2.75, 3.05) is 11.9 Å². The van der Waals surface area contributed by atoms with Crippen LogP contribution >= 0.6 is 0 Å². The molecule has 0 saturated heterocycles. The number of anilines is 1. The van der Waals surface area contributed by atoms with E-state index in [9.17, 15) is 10.2 Å². The van der Waals surface area contributed by atoms with Gasteiger partial charge >= 0.3 is 0 Å². The first-order valence-electron chi connectivity index (χ1n) is 5.52. The first-order valence-corrected chi connectivity index (χ1v) is 5.52. The Morgan fingerprint density at radius 2 is 1.59 bits per heavy atom. The fourth-order valence-corrected chi connectivity index (χ4v) is 1.62. The van der Waals surface area contributed by atoms with E-state index < -0.39 is 6.10 Å². The molecule has 0 heterocycles. The molecular weight excluding hydrogens is 214 g/mol. The highest BCUT2D eigenvalue weighted by Crippen LogP contribution is 2.22. The molecule has 0 spiro atoms. The van der Waals surface area contributed by atoms with Gasteiger partial charge in [-0.3, -0.25) is 0 Å². The number of phenolic OH excluding ortho intramolecular Hbond substituents is 1. The van der Waals surface area contributed by atoms with Crippen molar-refractivity contribution in [3.05, 3.63) is 60.2 Å². The maximum absolute atomic E-state index is 9.93. The fourth-order valence-electron chi connectivity index (χ4n) is 1.62. The summed E-state index contributed by atoms with van der Waals surface area (Å²) in [5, 5.41) is 22.5. The Morgan fingerprint density at radius 3 is 2.29 bits per heavy atom. The summed E-state index contributed by atoms with van der Waals surface area (Å²) in [6.45, 7) is 0.363. The van der Waals surface area contributed by atoms with Crippen molar-refractivity contribution in [3.8, 4) is 5.75 Å². The molecule has 1 atom stereocenters. The summed E-state index contributed by atoms with van der Waals surface area (Å²) >= 11 is 0. The fraction of sp³-hybridized carbons (Fsp3) is 0.143.